The maximum absolute atomic E-state index is 12.3. The van der Waals surface area contributed by atoms with Gasteiger partial charge in [0, 0.05) is 17.8 Å². The molecule has 2 aromatic carbocycles. The van der Waals surface area contributed by atoms with E-state index >= 15 is 0 Å². The highest BCUT2D eigenvalue weighted by Crippen LogP contribution is 2.19. The summed E-state index contributed by atoms with van der Waals surface area (Å²) >= 11 is 5.89. The molecular weight excluding hydrogens is 304 g/mol. The van der Waals surface area contributed by atoms with Crippen molar-refractivity contribution in [3.05, 3.63) is 59.1 Å². The molecule has 0 atom stereocenters. The number of carbonyl (C=O) groups excluding carboxylic acids is 2. The molecule has 0 aliphatic carbocycles. The molecule has 0 heterocycles. The first-order chi connectivity index (χ1) is 10.6. The molecule has 5 nitrogen and oxygen atoms in total. The molecule has 22 heavy (non-hydrogen) atoms. The second kappa shape index (κ2) is 7.59. The summed E-state index contributed by atoms with van der Waals surface area (Å²) in [4.78, 5) is 24.0. The van der Waals surface area contributed by atoms with Crippen LogP contribution in [0.2, 0.25) is 5.02 Å². The minimum atomic E-state index is -0.337. The third kappa shape index (κ3) is 4.31. The van der Waals surface area contributed by atoms with Gasteiger partial charge in [0.1, 0.15) is 6.61 Å². The predicted octanol–water partition coefficient (Wildman–Crippen LogP) is 3.18. The van der Waals surface area contributed by atoms with Gasteiger partial charge in [-0.25, -0.2) is 0 Å². The van der Waals surface area contributed by atoms with E-state index in [0.29, 0.717) is 22.0 Å². The zero-order valence-electron chi connectivity index (χ0n) is 11.9. The second-order valence-corrected chi connectivity index (χ2v) is 4.93. The molecule has 0 aliphatic heterocycles. The first-order valence-corrected chi connectivity index (χ1v) is 6.92. The van der Waals surface area contributed by atoms with Crippen molar-refractivity contribution in [1.29, 1.82) is 0 Å². The Bertz CT molecular complexity index is 689. The first-order valence-electron chi connectivity index (χ1n) is 6.55. The average Bonchev–Trinajstić information content (AvgIpc) is 2.48. The van der Waals surface area contributed by atoms with E-state index in [2.05, 4.69) is 10.6 Å². The number of para-hydroxylation sites is 1. The largest absolute Gasteiger partial charge is 0.375 e. The van der Waals surface area contributed by atoms with E-state index in [-0.39, 0.29) is 18.4 Å². The molecule has 2 aromatic rings. The van der Waals surface area contributed by atoms with Crippen LogP contribution in [0, 0.1) is 0 Å². The Hall–Kier alpha value is -2.37. The van der Waals surface area contributed by atoms with Crippen LogP contribution < -0.4 is 10.6 Å². The molecule has 0 radical (unpaired) electrons. The smallest absolute Gasteiger partial charge is 0.257 e. The standard InChI is InChI=1S/C16H15ClN2O3/c1-22-10-15(20)19-14-8-3-2-7-13(14)16(21)18-12-6-4-5-11(17)9-12/h2-9H,10H2,1H3,(H,18,21)(H,19,20). The average molecular weight is 319 g/mol. The number of hydrogen-bond acceptors (Lipinski definition) is 3. The Morgan fingerprint density at radius 3 is 2.59 bits per heavy atom. The molecule has 114 valence electrons. The lowest BCUT2D eigenvalue weighted by Crippen LogP contribution is -2.20. The van der Waals surface area contributed by atoms with Crippen molar-refractivity contribution < 1.29 is 14.3 Å². The highest BCUT2D eigenvalue weighted by molar-refractivity contribution is 6.31. The van der Waals surface area contributed by atoms with Crippen LogP contribution in [0.4, 0.5) is 11.4 Å². The highest BCUT2D eigenvalue weighted by Gasteiger charge is 2.13. The molecule has 0 bridgehead atoms. The number of methoxy groups -OCH3 is 1. The van der Waals surface area contributed by atoms with Crippen LogP contribution in [0.1, 0.15) is 10.4 Å². The highest BCUT2D eigenvalue weighted by atomic mass is 35.5. The maximum atomic E-state index is 12.3. The number of amides is 2. The molecule has 0 aromatic heterocycles. The molecule has 0 spiro atoms. The topological polar surface area (TPSA) is 67.4 Å². The van der Waals surface area contributed by atoms with Crippen LogP contribution in [0.25, 0.3) is 0 Å². The molecule has 2 amide bonds. The van der Waals surface area contributed by atoms with Crippen molar-refractivity contribution >= 4 is 34.8 Å². The Kier molecular flexibility index (Phi) is 5.52. The fraction of sp³-hybridized carbons (Fsp3) is 0.125. The summed E-state index contributed by atoms with van der Waals surface area (Å²) in [6.07, 6.45) is 0. The predicted molar refractivity (Wildman–Crippen MR) is 86.4 cm³/mol. The summed E-state index contributed by atoms with van der Waals surface area (Å²) in [6.45, 7) is -0.0791. The quantitative estimate of drug-likeness (QED) is 0.889. The number of ether oxygens (including phenoxy) is 1. The number of hydrogen-bond donors (Lipinski definition) is 2. The maximum Gasteiger partial charge on any atom is 0.257 e. The molecule has 6 heteroatoms. The number of carbonyl (C=O) groups is 2. The van der Waals surface area contributed by atoms with E-state index in [4.69, 9.17) is 16.3 Å². The van der Waals surface area contributed by atoms with Crippen LogP contribution in [0.5, 0.6) is 0 Å². The van der Waals surface area contributed by atoms with Gasteiger partial charge in [-0.2, -0.15) is 0 Å². The molecule has 0 aliphatic rings. The van der Waals surface area contributed by atoms with Gasteiger partial charge in [0.15, 0.2) is 0 Å². The van der Waals surface area contributed by atoms with Crippen LogP contribution >= 0.6 is 11.6 Å². The second-order valence-electron chi connectivity index (χ2n) is 4.49. The lowest BCUT2D eigenvalue weighted by Gasteiger charge is -2.11. The van der Waals surface area contributed by atoms with Crippen LogP contribution in [-0.4, -0.2) is 25.5 Å². The summed E-state index contributed by atoms with van der Waals surface area (Å²) in [5.74, 6) is -0.666. The van der Waals surface area contributed by atoms with Gasteiger partial charge in [-0.05, 0) is 30.3 Å². The minimum Gasteiger partial charge on any atom is -0.375 e. The molecule has 2 N–H and O–H groups in total. The van der Waals surface area contributed by atoms with Crippen molar-refractivity contribution in [2.45, 2.75) is 0 Å². The Morgan fingerprint density at radius 1 is 1.09 bits per heavy atom. The van der Waals surface area contributed by atoms with E-state index in [1.807, 2.05) is 0 Å². The van der Waals surface area contributed by atoms with Gasteiger partial charge in [0.05, 0.1) is 11.3 Å². The number of nitrogens with one attached hydrogen (secondary N) is 2. The fourth-order valence-corrected chi connectivity index (χ4v) is 2.06. The summed E-state index contributed by atoms with van der Waals surface area (Å²) in [5.41, 5.74) is 1.35. The van der Waals surface area contributed by atoms with E-state index in [0.717, 1.165) is 0 Å². The number of anilines is 2. The number of halogens is 1. The number of benzene rings is 2. The summed E-state index contributed by atoms with van der Waals surface area (Å²) in [5, 5.41) is 5.90. The van der Waals surface area contributed by atoms with Crippen molar-refractivity contribution in [2.24, 2.45) is 0 Å². The first kappa shape index (κ1) is 16.0. The van der Waals surface area contributed by atoms with Gasteiger partial charge in [0.25, 0.3) is 5.91 Å². The van der Waals surface area contributed by atoms with Crippen molar-refractivity contribution in [1.82, 2.24) is 0 Å². The van der Waals surface area contributed by atoms with Gasteiger partial charge in [0.2, 0.25) is 5.91 Å². The lowest BCUT2D eigenvalue weighted by molar-refractivity contribution is -0.119. The summed E-state index contributed by atoms with van der Waals surface area (Å²) in [7, 11) is 1.43. The minimum absolute atomic E-state index is 0.0791. The summed E-state index contributed by atoms with van der Waals surface area (Å²) < 4.78 is 4.76. The van der Waals surface area contributed by atoms with Gasteiger partial charge < -0.3 is 15.4 Å². The van der Waals surface area contributed by atoms with Gasteiger partial charge in [-0.3, -0.25) is 9.59 Å². The van der Waals surface area contributed by atoms with Gasteiger partial charge in [-0.1, -0.05) is 29.8 Å². The molecule has 0 unspecified atom stereocenters. The van der Waals surface area contributed by atoms with Gasteiger partial charge >= 0.3 is 0 Å². The Balaban J connectivity index is 2.17. The van der Waals surface area contributed by atoms with E-state index in [1.54, 1.807) is 48.5 Å². The molecular formula is C16H15ClN2O3. The molecule has 0 saturated carbocycles. The third-order valence-electron chi connectivity index (χ3n) is 2.80. The van der Waals surface area contributed by atoms with Crippen molar-refractivity contribution in [2.75, 3.05) is 24.4 Å². The van der Waals surface area contributed by atoms with Crippen molar-refractivity contribution in [3.8, 4) is 0 Å². The van der Waals surface area contributed by atoms with Gasteiger partial charge in [-0.15, -0.1) is 0 Å². The lowest BCUT2D eigenvalue weighted by atomic mass is 10.1. The van der Waals surface area contributed by atoms with Crippen molar-refractivity contribution in [3.63, 3.8) is 0 Å². The van der Waals surface area contributed by atoms with E-state index < -0.39 is 0 Å². The molecule has 0 fully saturated rings. The SMILES string of the molecule is COCC(=O)Nc1ccccc1C(=O)Nc1cccc(Cl)c1. The van der Waals surface area contributed by atoms with Crippen LogP contribution in [0.15, 0.2) is 48.5 Å². The Labute approximate surface area is 133 Å². The van der Waals surface area contributed by atoms with E-state index in [1.165, 1.54) is 7.11 Å². The molecule has 2 rings (SSSR count). The summed E-state index contributed by atoms with van der Waals surface area (Å²) in [6, 6.07) is 13.6. The normalized spacial score (nSPS) is 10.1. The third-order valence-corrected chi connectivity index (χ3v) is 3.04. The van der Waals surface area contributed by atoms with Crippen LogP contribution in [0.3, 0.4) is 0 Å². The molecule has 0 saturated heterocycles. The fourth-order valence-electron chi connectivity index (χ4n) is 1.87. The van der Waals surface area contributed by atoms with Crippen LogP contribution in [-0.2, 0) is 9.53 Å². The zero-order chi connectivity index (χ0) is 15.9. The number of rotatable bonds is 5. The zero-order valence-corrected chi connectivity index (χ0v) is 12.7. The van der Waals surface area contributed by atoms with E-state index in [9.17, 15) is 9.59 Å². The monoisotopic (exact) mass is 318 g/mol. The Morgan fingerprint density at radius 2 is 1.86 bits per heavy atom.